The number of hydrogen-bond donors (Lipinski definition) is 3. The molecule has 53 heavy (non-hydrogen) atoms. The summed E-state index contributed by atoms with van der Waals surface area (Å²) in [5.74, 6) is 0. The highest BCUT2D eigenvalue weighted by atomic mass is 31.2. The van der Waals surface area contributed by atoms with Crippen molar-refractivity contribution in [3.8, 4) is 0 Å². The molecule has 0 amide bonds. The zero-order valence-corrected chi connectivity index (χ0v) is 37.5. The molecule has 0 aliphatic heterocycles. The summed E-state index contributed by atoms with van der Waals surface area (Å²) in [7, 11) is -4.82. The van der Waals surface area contributed by atoms with Crippen LogP contribution in [0.4, 0.5) is 0 Å². The fraction of sp³-hybridized carbons (Fsp3) is 0.917. The molecule has 0 saturated carbocycles. The van der Waals surface area contributed by atoms with E-state index in [4.69, 9.17) is 0 Å². The van der Waals surface area contributed by atoms with Gasteiger partial charge in [0.2, 0.25) is 0 Å². The molecule has 0 saturated heterocycles. The fourth-order valence-electron chi connectivity index (χ4n) is 8.27. The van der Waals surface area contributed by atoms with Crippen LogP contribution in [0.5, 0.6) is 0 Å². The minimum absolute atomic E-state index is 0.0986. The highest BCUT2D eigenvalue weighted by Crippen LogP contribution is 2.60. The van der Waals surface area contributed by atoms with Crippen molar-refractivity contribution in [3.63, 3.8) is 0 Å². The number of aliphatic hydroxyl groups is 1. The zero-order valence-electron chi connectivity index (χ0n) is 36.6. The quantitative estimate of drug-likeness (QED) is 0.0438. The average Bonchev–Trinajstić information content (AvgIpc) is 3.10. The number of hydrogen-bond acceptors (Lipinski definition) is 2. The maximum atomic E-state index is 13.1. The summed E-state index contributed by atoms with van der Waals surface area (Å²) < 4.78 is 13.1. The Bertz CT molecular complexity index is 990. The summed E-state index contributed by atoms with van der Waals surface area (Å²) in [5.41, 5.74) is 1.12. The van der Waals surface area contributed by atoms with Gasteiger partial charge < -0.3 is 14.9 Å². The van der Waals surface area contributed by atoms with Gasteiger partial charge in [0.25, 0.3) is 0 Å². The lowest BCUT2D eigenvalue weighted by atomic mass is 9.62. The van der Waals surface area contributed by atoms with Gasteiger partial charge in [-0.3, -0.25) is 4.57 Å². The first-order valence-electron chi connectivity index (χ1n) is 23.5. The highest BCUT2D eigenvalue weighted by Gasteiger charge is 2.51. The zero-order chi connectivity index (χ0) is 39.3. The molecule has 0 aromatic rings. The fourth-order valence-corrected chi connectivity index (χ4v) is 9.24. The maximum absolute atomic E-state index is 13.1. The predicted octanol–water partition coefficient (Wildman–Crippen LogP) is 16.5. The lowest BCUT2D eigenvalue weighted by Gasteiger charge is -2.45. The van der Waals surface area contributed by atoms with Gasteiger partial charge in [0.05, 0.1) is 0 Å². The smallest absolute Gasteiger partial charge is 0.361 e. The molecule has 1 aliphatic rings. The molecule has 0 aromatic heterocycles. The molecule has 2 unspecified atom stereocenters. The molecule has 1 rings (SSSR count). The van der Waals surface area contributed by atoms with Gasteiger partial charge in [-0.05, 0) is 54.1 Å². The highest BCUT2D eigenvalue weighted by molar-refractivity contribution is 7.53. The molecule has 0 fully saturated rings. The Morgan fingerprint density at radius 1 is 0.547 bits per heavy atom. The number of unbranched alkanes of at least 4 members (excludes halogenated alkanes) is 30. The monoisotopic (exact) mass is 765 g/mol. The van der Waals surface area contributed by atoms with Crippen LogP contribution in [-0.4, -0.2) is 20.2 Å². The lowest BCUT2D eigenvalue weighted by Crippen LogP contribution is -2.38. The van der Waals surface area contributed by atoms with Crippen LogP contribution >= 0.6 is 7.60 Å². The van der Waals surface area contributed by atoms with E-state index >= 15 is 0 Å². The first kappa shape index (κ1) is 50.6. The Labute approximate surface area is 331 Å². The third-order valence-electron chi connectivity index (χ3n) is 12.9. The Morgan fingerprint density at radius 3 is 1.15 bits per heavy atom. The first-order valence-corrected chi connectivity index (χ1v) is 25.1. The van der Waals surface area contributed by atoms with E-state index in [1.807, 2.05) is 0 Å². The van der Waals surface area contributed by atoms with Crippen molar-refractivity contribution >= 4 is 7.60 Å². The van der Waals surface area contributed by atoms with Crippen LogP contribution in [0.15, 0.2) is 23.3 Å². The van der Waals surface area contributed by atoms with E-state index in [1.165, 1.54) is 173 Å². The predicted molar refractivity (Wildman–Crippen MR) is 234 cm³/mol. The molecule has 2 atom stereocenters. The summed E-state index contributed by atoms with van der Waals surface area (Å²) in [6.07, 6.45) is 47.3. The molecule has 4 nitrogen and oxygen atoms in total. The maximum Gasteiger partial charge on any atom is 0.361 e. The number of allylic oxidation sites excluding steroid dienone is 2. The molecule has 0 aromatic carbocycles. The van der Waals surface area contributed by atoms with Crippen molar-refractivity contribution in [1.29, 1.82) is 0 Å². The largest absolute Gasteiger partial charge is 0.373 e. The van der Waals surface area contributed by atoms with Gasteiger partial charge in [-0.15, -0.1) is 0 Å². The van der Waals surface area contributed by atoms with E-state index in [1.54, 1.807) is 0 Å². The van der Waals surface area contributed by atoms with E-state index in [2.05, 4.69) is 53.7 Å². The van der Waals surface area contributed by atoms with Crippen LogP contribution < -0.4 is 0 Å². The molecule has 0 radical (unpaired) electrons. The minimum Gasteiger partial charge on any atom is -0.373 e. The van der Waals surface area contributed by atoms with Crippen molar-refractivity contribution in [2.24, 2.45) is 10.8 Å². The summed E-state index contributed by atoms with van der Waals surface area (Å²) >= 11 is 0. The second kappa shape index (κ2) is 29.8. The standard InChI is InChI=1S/C48H93O4P/c1-7-9-11-13-15-17-19-21-23-25-27-29-31-33-35-37-39-44-40-42-47(6,46(3,4)5)43-45(44)48(49,53(50,51)52)41-38-36-34-32-30-28-26-24-22-20-18-16-14-12-10-8-2/h40,43,49H,7-39,41-42H2,1-6H3,(H2,50,51,52). The van der Waals surface area contributed by atoms with Crippen LogP contribution in [0.3, 0.4) is 0 Å². The third-order valence-corrected chi connectivity index (χ3v) is 14.3. The van der Waals surface area contributed by atoms with Crippen LogP contribution in [0.1, 0.15) is 266 Å². The van der Waals surface area contributed by atoms with E-state index in [0.717, 1.165) is 44.1 Å². The van der Waals surface area contributed by atoms with Crippen LogP contribution in [-0.2, 0) is 4.57 Å². The van der Waals surface area contributed by atoms with Crippen molar-refractivity contribution in [2.75, 3.05) is 0 Å². The topological polar surface area (TPSA) is 77.8 Å². The lowest BCUT2D eigenvalue weighted by molar-refractivity contribution is 0.105. The molecule has 0 spiro atoms. The van der Waals surface area contributed by atoms with Gasteiger partial charge in [0.15, 0.2) is 5.34 Å². The van der Waals surface area contributed by atoms with Gasteiger partial charge in [-0.1, -0.05) is 246 Å². The Hall–Kier alpha value is -0.410. The molecule has 3 N–H and O–H groups in total. The molecule has 0 heterocycles. The van der Waals surface area contributed by atoms with Crippen LogP contribution in [0, 0.1) is 10.8 Å². The first-order chi connectivity index (χ1) is 25.3. The van der Waals surface area contributed by atoms with E-state index in [9.17, 15) is 19.5 Å². The summed E-state index contributed by atoms with van der Waals surface area (Å²) in [4.78, 5) is 21.4. The minimum atomic E-state index is -4.82. The van der Waals surface area contributed by atoms with Crippen molar-refractivity contribution < 1.29 is 19.5 Å². The van der Waals surface area contributed by atoms with Crippen molar-refractivity contribution in [3.05, 3.63) is 23.3 Å². The molecule has 1 aliphatic carbocycles. The second-order valence-corrected chi connectivity index (χ2v) is 20.5. The molecule has 0 bridgehead atoms. The average molecular weight is 765 g/mol. The summed E-state index contributed by atoms with van der Waals surface area (Å²) in [5, 5.41) is 9.90. The SMILES string of the molecule is CCCCCCCCCCCCCCCCCCC1=CCC(C)(C(C)(C)C)C=C1C(O)(CCCCCCCCCCCCCCCCCC)P(=O)(O)O. The molecule has 314 valence electrons. The summed E-state index contributed by atoms with van der Waals surface area (Å²) in [6, 6.07) is 0. The molecular formula is C48H93O4P. The van der Waals surface area contributed by atoms with Gasteiger partial charge >= 0.3 is 7.60 Å². The third kappa shape index (κ3) is 22.2. The number of rotatable bonds is 36. The van der Waals surface area contributed by atoms with E-state index < -0.39 is 12.9 Å². The van der Waals surface area contributed by atoms with Gasteiger partial charge in [-0.2, -0.15) is 0 Å². The Balaban J connectivity index is 2.48. The Kier molecular flexibility index (Phi) is 28.4. The van der Waals surface area contributed by atoms with Gasteiger partial charge in [0, 0.05) is 0 Å². The van der Waals surface area contributed by atoms with Crippen molar-refractivity contribution in [2.45, 2.75) is 272 Å². The van der Waals surface area contributed by atoms with Gasteiger partial charge in [0.1, 0.15) is 0 Å². The van der Waals surface area contributed by atoms with Crippen LogP contribution in [0.2, 0.25) is 0 Å². The second-order valence-electron chi connectivity index (χ2n) is 18.6. The van der Waals surface area contributed by atoms with E-state index in [0.29, 0.717) is 12.0 Å². The van der Waals surface area contributed by atoms with Crippen molar-refractivity contribution in [1.82, 2.24) is 0 Å². The van der Waals surface area contributed by atoms with Gasteiger partial charge in [-0.25, -0.2) is 0 Å². The Morgan fingerprint density at radius 2 is 0.849 bits per heavy atom. The molecular weight excluding hydrogens is 671 g/mol. The molecule has 5 heteroatoms. The van der Waals surface area contributed by atoms with Crippen LogP contribution in [0.25, 0.3) is 0 Å². The summed E-state index contributed by atoms with van der Waals surface area (Å²) in [6.45, 7) is 13.3. The normalized spacial score (nSPS) is 17.9. The van der Waals surface area contributed by atoms with E-state index in [-0.39, 0.29) is 17.3 Å².